The molecule has 1 heterocycles. The second-order valence-corrected chi connectivity index (χ2v) is 6.39. The molecule has 7 nitrogen and oxygen atoms in total. The highest BCUT2D eigenvalue weighted by atomic mass is 16.5. The van der Waals surface area contributed by atoms with E-state index >= 15 is 0 Å². The number of aromatic nitrogens is 1. The molecule has 0 aliphatic carbocycles. The molecule has 2 aromatic rings. The summed E-state index contributed by atoms with van der Waals surface area (Å²) >= 11 is 0. The minimum Gasteiger partial charge on any atom is -0.463 e. The fraction of sp³-hybridized carbons (Fsp3) is 0.381. The van der Waals surface area contributed by atoms with Gasteiger partial charge in [0.2, 0.25) is 0 Å². The van der Waals surface area contributed by atoms with Gasteiger partial charge in [0.05, 0.1) is 12.3 Å². The Bertz CT molecular complexity index is 770. The molecular formula is C21H26N2O5. The number of ether oxygens (including phenoxy) is 2. The van der Waals surface area contributed by atoms with E-state index in [1.54, 1.807) is 13.0 Å². The van der Waals surface area contributed by atoms with Crippen LogP contribution in [0, 0.1) is 5.92 Å². The van der Waals surface area contributed by atoms with Crippen LogP contribution in [0.2, 0.25) is 0 Å². The van der Waals surface area contributed by atoms with E-state index in [0.29, 0.717) is 25.3 Å². The van der Waals surface area contributed by atoms with Gasteiger partial charge in [-0.3, -0.25) is 0 Å². The third kappa shape index (κ3) is 8.07. The molecular weight excluding hydrogens is 360 g/mol. The summed E-state index contributed by atoms with van der Waals surface area (Å²) in [5.74, 6) is 0.331. The predicted octanol–water partition coefficient (Wildman–Crippen LogP) is 3.75. The molecule has 0 saturated carbocycles. The van der Waals surface area contributed by atoms with Gasteiger partial charge >= 0.3 is 12.1 Å². The smallest absolute Gasteiger partial charge is 0.407 e. The Kier molecular flexibility index (Phi) is 8.78. The zero-order valence-electron chi connectivity index (χ0n) is 16.2. The van der Waals surface area contributed by atoms with Gasteiger partial charge in [-0.25, -0.2) is 9.59 Å². The Morgan fingerprint density at radius 2 is 2.04 bits per heavy atom. The molecule has 1 unspecified atom stereocenters. The third-order valence-electron chi connectivity index (χ3n) is 3.95. The first-order valence-electron chi connectivity index (χ1n) is 9.31. The highest BCUT2D eigenvalue weighted by Gasteiger charge is 2.09. The molecule has 0 aliphatic rings. The van der Waals surface area contributed by atoms with Crippen molar-refractivity contribution in [2.24, 2.45) is 5.92 Å². The SMILES string of the molecule is CCOC(=O)C=Cc1cc(CCC(C)CNC(=O)OCc2ccccc2)no1. The van der Waals surface area contributed by atoms with Crippen molar-refractivity contribution in [1.29, 1.82) is 0 Å². The van der Waals surface area contributed by atoms with Crippen LogP contribution >= 0.6 is 0 Å². The third-order valence-corrected chi connectivity index (χ3v) is 3.95. The van der Waals surface area contributed by atoms with Gasteiger partial charge in [-0.2, -0.15) is 0 Å². The highest BCUT2D eigenvalue weighted by Crippen LogP contribution is 2.11. The van der Waals surface area contributed by atoms with Crippen molar-refractivity contribution in [1.82, 2.24) is 10.5 Å². The molecule has 0 fully saturated rings. The first-order valence-corrected chi connectivity index (χ1v) is 9.31. The van der Waals surface area contributed by atoms with Crippen LogP contribution in [0.4, 0.5) is 4.79 Å². The maximum Gasteiger partial charge on any atom is 0.407 e. The van der Waals surface area contributed by atoms with Gasteiger partial charge in [0.25, 0.3) is 0 Å². The van der Waals surface area contributed by atoms with Gasteiger partial charge in [0.15, 0.2) is 5.76 Å². The molecule has 0 radical (unpaired) electrons. The maximum atomic E-state index is 11.8. The summed E-state index contributed by atoms with van der Waals surface area (Å²) in [4.78, 5) is 23.0. The number of hydrogen-bond acceptors (Lipinski definition) is 6. The summed E-state index contributed by atoms with van der Waals surface area (Å²) in [6.07, 6.45) is 3.94. The van der Waals surface area contributed by atoms with E-state index in [9.17, 15) is 9.59 Å². The zero-order valence-corrected chi connectivity index (χ0v) is 16.2. The van der Waals surface area contributed by atoms with Crippen molar-refractivity contribution in [3.63, 3.8) is 0 Å². The van der Waals surface area contributed by atoms with Crippen molar-refractivity contribution in [2.75, 3.05) is 13.2 Å². The number of esters is 1. The molecule has 0 saturated heterocycles. The summed E-state index contributed by atoms with van der Waals surface area (Å²) in [5.41, 5.74) is 1.74. The molecule has 1 N–H and O–H groups in total. The minimum atomic E-state index is -0.427. The second-order valence-electron chi connectivity index (χ2n) is 6.39. The van der Waals surface area contributed by atoms with Crippen LogP contribution in [0.5, 0.6) is 0 Å². The monoisotopic (exact) mass is 386 g/mol. The largest absolute Gasteiger partial charge is 0.463 e. The van der Waals surface area contributed by atoms with E-state index in [0.717, 1.165) is 17.7 Å². The molecule has 1 aromatic heterocycles. The lowest BCUT2D eigenvalue weighted by molar-refractivity contribution is -0.137. The number of carbonyl (C=O) groups is 2. The molecule has 0 bridgehead atoms. The summed E-state index contributed by atoms with van der Waals surface area (Å²) in [5, 5.41) is 6.75. The quantitative estimate of drug-likeness (QED) is 0.494. The molecule has 150 valence electrons. The van der Waals surface area contributed by atoms with E-state index in [1.807, 2.05) is 37.3 Å². The fourth-order valence-electron chi connectivity index (χ4n) is 2.39. The second kappa shape index (κ2) is 11.6. The van der Waals surface area contributed by atoms with Crippen molar-refractivity contribution < 1.29 is 23.6 Å². The number of hydrogen-bond donors (Lipinski definition) is 1. The predicted molar refractivity (Wildman–Crippen MR) is 104 cm³/mol. The Morgan fingerprint density at radius 1 is 1.25 bits per heavy atom. The van der Waals surface area contributed by atoms with Crippen LogP contribution in [0.1, 0.15) is 37.3 Å². The average Bonchev–Trinajstić information content (AvgIpc) is 3.16. The number of amides is 1. The average molecular weight is 386 g/mol. The van der Waals surface area contributed by atoms with Gasteiger partial charge in [-0.15, -0.1) is 0 Å². The molecule has 28 heavy (non-hydrogen) atoms. The summed E-state index contributed by atoms with van der Waals surface area (Å²) < 4.78 is 15.2. The van der Waals surface area contributed by atoms with Crippen molar-refractivity contribution in [2.45, 2.75) is 33.3 Å². The molecule has 1 amide bonds. The van der Waals surface area contributed by atoms with E-state index in [4.69, 9.17) is 14.0 Å². The minimum absolute atomic E-state index is 0.250. The maximum absolute atomic E-state index is 11.8. The van der Waals surface area contributed by atoms with E-state index in [-0.39, 0.29) is 12.5 Å². The van der Waals surface area contributed by atoms with Gasteiger partial charge in [-0.1, -0.05) is 42.4 Å². The van der Waals surface area contributed by atoms with Crippen molar-refractivity contribution in [3.8, 4) is 0 Å². The zero-order chi connectivity index (χ0) is 20.2. The van der Waals surface area contributed by atoms with Crippen LogP contribution in [0.15, 0.2) is 47.0 Å². The van der Waals surface area contributed by atoms with Crippen molar-refractivity contribution in [3.05, 3.63) is 59.5 Å². The molecule has 0 aliphatic heterocycles. The first-order chi connectivity index (χ1) is 13.6. The normalized spacial score (nSPS) is 11.9. The molecule has 1 atom stereocenters. The summed E-state index contributed by atoms with van der Waals surface area (Å²) in [7, 11) is 0. The van der Waals surface area contributed by atoms with E-state index < -0.39 is 12.1 Å². The number of alkyl carbamates (subject to hydrolysis) is 1. The lowest BCUT2D eigenvalue weighted by Crippen LogP contribution is -2.29. The van der Waals surface area contributed by atoms with Crippen molar-refractivity contribution >= 4 is 18.1 Å². The van der Waals surface area contributed by atoms with Gasteiger partial charge in [-0.05, 0) is 37.3 Å². The number of nitrogens with zero attached hydrogens (tertiary/aromatic N) is 1. The van der Waals surface area contributed by atoms with E-state index in [1.165, 1.54) is 12.2 Å². The number of rotatable bonds is 10. The van der Waals surface area contributed by atoms with Crippen LogP contribution in [0.25, 0.3) is 6.08 Å². The number of carbonyl (C=O) groups excluding carboxylic acids is 2. The number of nitrogens with one attached hydrogen (secondary N) is 1. The Hall–Kier alpha value is -3.09. The fourth-order valence-corrected chi connectivity index (χ4v) is 2.39. The molecule has 7 heteroatoms. The van der Waals surface area contributed by atoms with Crippen LogP contribution in [0.3, 0.4) is 0 Å². The molecule has 0 spiro atoms. The first kappa shape index (κ1) is 21.2. The lowest BCUT2D eigenvalue weighted by Gasteiger charge is -2.12. The highest BCUT2D eigenvalue weighted by molar-refractivity contribution is 5.86. The van der Waals surface area contributed by atoms with Crippen LogP contribution in [-0.2, 0) is 27.3 Å². The van der Waals surface area contributed by atoms with Gasteiger partial charge in [0.1, 0.15) is 6.61 Å². The van der Waals surface area contributed by atoms with Gasteiger partial charge in [0, 0.05) is 18.7 Å². The number of benzene rings is 1. The summed E-state index contributed by atoms with van der Waals surface area (Å²) in [6, 6.07) is 11.3. The Morgan fingerprint density at radius 3 is 2.79 bits per heavy atom. The number of aryl methyl sites for hydroxylation is 1. The Balaban J connectivity index is 1.64. The molecule has 2 rings (SSSR count). The van der Waals surface area contributed by atoms with Crippen LogP contribution in [-0.4, -0.2) is 30.4 Å². The molecule has 1 aromatic carbocycles. The lowest BCUT2D eigenvalue weighted by atomic mass is 10.0. The topological polar surface area (TPSA) is 90.7 Å². The standard InChI is InChI=1S/C21H26N2O5/c1-3-26-20(24)12-11-19-13-18(23-28-19)10-9-16(2)14-22-21(25)27-15-17-7-5-4-6-8-17/h4-8,11-13,16H,3,9-10,14-15H2,1-2H3,(H,22,25). The van der Waals surface area contributed by atoms with Crippen LogP contribution < -0.4 is 5.32 Å². The van der Waals surface area contributed by atoms with Gasteiger partial charge < -0.3 is 19.3 Å². The van der Waals surface area contributed by atoms with E-state index in [2.05, 4.69) is 10.5 Å². The summed E-state index contributed by atoms with van der Waals surface area (Å²) in [6.45, 7) is 4.89. The Labute approximate surface area is 164 Å².